The van der Waals surface area contributed by atoms with Crippen LogP contribution in [0.3, 0.4) is 0 Å². The van der Waals surface area contributed by atoms with Gasteiger partial charge in [0, 0.05) is 32.0 Å². The molecule has 11 nitrogen and oxygen atoms in total. The number of unbranched alkanes of at least 4 members (excludes halogenated alkanes) is 25. The Hall–Kier alpha value is -1.90. The van der Waals surface area contributed by atoms with E-state index < -0.39 is 38.6 Å². The van der Waals surface area contributed by atoms with Gasteiger partial charge < -0.3 is 9.47 Å². The first-order chi connectivity index (χ1) is 26.4. The molecule has 0 aromatic rings. The number of phosphoric acid groups is 1. The molecule has 0 fully saturated rings. The zero-order valence-corrected chi connectivity index (χ0v) is 35.9. The second-order valence-electron chi connectivity index (χ2n) is 14.6. The van der Waals surface area contributed by atoms with Crippen molar-refractivity contribution in [2.75, 3.05) is 27.4 Å². The topological polar surface area (TPSA) is 146 Å². The van der Waals surface area contributed by atoms with Crippen molar-refractivity contribution in [1.29, 1.82) is 0 Å². The van der Waals surface area contributed by atoms with Crippen LogP contribution >= 0.6 is 7.82 Å². The lowest BCUT2D eigenvalue weighted by Gasteiger charge is -2.27. The molecule has 12 heteroatoms. The van der Waals surface area contributed by atoms with Gasteiger partial charge in [-0.3, -0.25) is 23.2 Å². The second-order valence-corrected chi connectivity index (χ2v) is 16.5. The minimum Gasteiger partial charge on any atom is -0.458 e. The summed E-state index contributed by atoms with van der Waals surface area (Å²) in [7, 11) is -1.57. The molecule has 0 bridgehead atoms. The lowest BCUT2D eigenvalue weighted by Crippen LogP contribution is -2.40. The van der Waals surface area contributed by atoms with Crippen LogP contribution in [0.4, 0.5) is 0 Å². The molecule has 0 saturated heterocycles. The van der Waals surface area contributed by atoms with Crippen LogP contribution in [0.15, 0.2) is 17.3 Å². The first kappa shape index (κ1) is 52.1. The Balaban J connectivity index is 4.59. The molecule has 0 aliphatic carbocycles. The van der Waals surface area contributed by atoms with Gasteiger partial charge in [-0.15, -0.1) is 0 Å². The number of carbonyl (C=O) groups is 2. The van der Waals surface area contributed by atoms with E-state index in [2.05, 4.69) is 36.0 Å². The molecule has 316 valence electrons. The van der Waals surface area contributed by atoms with Crippen molar-refractivity contribution < 1.29 is 37.2 Å². The fourth-order valence-electron chi connectivity index (χ4n) is 6.35. The van der Waals surface area contributed by atoms with E-state index >= 15 is 0 Å². The van der Waals surface area contributed by atoms with Crippen molar-refractivity contribution in [2.24, 2.45) is 5.11 Å². The number of azide groups is 1. The van der Waals surface area contributed by atoms with Crippen LogP contribution in [0.1, 0.15) is 206 Å². The Morgan fingerprint density at radius 1 is 0.574 bits per heavy atom. The summed E-state index contributed by atoms with van der Waals surface area (Å²) in [4.78, 5) is 28.5. The third-order valence-electron chi connectivity index (χ3n) is 9.78. The van der Waals surface area contributed by atoms with Crippen molar-refractivity contribution in [1.82, 2.24) is 0 Å². The average Bonchev–Trinajstić information content (AvgIpc) is 3.17. The van der Waals surface area contributed by atoms with Crippen molar-refractivity contribution in [3.63, 3.8) is 0 Å². The van der Waals surface area contributed by atoms with E-state index in [0.29, 0.717) is 12.8 Å². The van der Waals surface area contributed by atoms with Crippen molar-refractivity contribution in [3.8, 4) is 0 Å². The minimum atomic E-state index is -3.92. The summed E-state index contributed by atoms with van der Waals surface area (Å²) in [5.74, 6) is -0.988. The number of hydrogen-bond donors (Lipinski definition) is 0. The Labute approximate surface area is 330 Å². The number of hydrogen-bond acceptors (Lipinski definition) is 9. The van der Waals surface area contributed by atoms with Gasteiger partial charge in [0.1, 0.15) is 6.10 Å². The van der Waals surface area contributed by atoms with E-state index in [-0.39, 0.29) is 19.4 Å². The molecule has 0 aromatic heterocycles. The molecule has 0 radical (unpaired) electrons. The third-order valence-corrected chi connectivity index (χ3v) is 11.1. The Bertz CT molecular complexity index is 1000. The first-order valence-corrected chi connectivity index (χ1v) is 23.2. The predicted molar refractivity (Wildman–Crippen MR) is 220 cm³/mol. The maximum Gasteiger partial charge on any atom is 0.474 e. The Kier molecular flexibility index (Phi) is 38.0. The molecule has 0 heterocycles. The lowest BCUT2D eigenvalue weighted by atomic mass is 10.0. The molecular weight excluding hydrogens is 705 g/mol. The Morgan fingerprint density at radius 2 is 0.926 bits per heavy atom. The van der Waals surface area contributed by atoms with E-state index in [1.165, 1.54) is 123 Å². The van der Waals surface area contributed by atoms with Gasteiger partial charge in [0.2, 0.25) is 0 Å². The van der Waals surface area contributed by atoms with Gasteiger partial charge in [-0.1, -0.05) is 172 Å². The zero-order chi connectivity index (χ0) is 39.8. The van der Waals surface area contributed by atoms with Crippen LogP contribution in [0, 0.1) is 0 Å². The summed E-state index contributed by atoms with van der Waals surface area (Å²) in [5, 5.41) is 3.58. The zero-order valence-electron chi connectivity index (χ0n) is 35.0. The molecule has 0 unspecified atom stereocenters. The summed E-state index contributed by atoms with van der Waals surface area (Å²) in [6.45, 7) is 3.78. The smallest absolute Gasteiger partial charge is 0.458 e. The normalized spacial score (nSPS) is 12.8. The molecule has 0 aliphatic rings. The van der Waals surface area contributed by atoms with E-state index in [0.717, 1.165) is 57.8 Å². The van der Waals surface area contributed by atoms with Crippen LogP contribution < -0.4 is 0 Å². The number of nitrogens with zero attached hydrogens (tertiary/aromatic N) is 3. The van der Waals surface area contributed by atoms with Gasteiger partial charge in [0.05, 0.1) is 13.2 Å². The second kappa shape index (κ2) is 39.3. The molecule has 0 rings (SSSR count). The number of carbonyl (C=O) groups excluding carboxylic acids is 2. The standard InChI is InChI=1S/C42H80N3O8P/c1-5-7-9-11-13-15-17-19-21-23-25-27-29-31-33-35-41(46)52-39(37-44-45-43)40(38-51-54(48,49-3)50-4)53-42(47)36-34-32-30-28-26-24-22-20-18-16-14-12-10-8-6-2/h20,22,39-40H,5-19,21,23-38H2,1-4H3/b22-20-/t39-,40-/m0/s1. The summed E-state index contributed by atoms with van der Waals surface area (Å²) in [6.07, 6.45) is 36.0. The number of rotatable bonds is 41. The van der Waals surface area contributed by atoms with Gasteiger partial charge in [-0.25, -0.2) is 4.57 Å². The highest BCUT2D eigenvalue weighted by Gasteiger charge is 2.33. The molecule has 0 spiro atoms. The predicted octanol–water partition coefficient (Wildman–Crippen LogP) is 13.8. The summed E-state index contributed by atoms with van der Waals surface area (Å²) < 4.78 is 39.0. The summed E-state index contributed by atoms with van der Waals surface area (Å²) in [5.41, 5.74) is 8.99. The SMILES string of the molecule is CCCCCCCC/C=C\CCCCCCCC(=O)O[C@@H](COP(=O)(OC)OC)[C@H](CN=[N+]=[N-])OC(=O)CCCCCCCCCCCCCCCCC. The fourth-order valence-corrected chi connectivity index (χ4v) is 7.04. The summed E-state index contributed by atoms with van der Waals surface area (Å²) in [6, 6.07) is 0. The van der Waals surface area contributed by atoms with Gasteiger partial charge in [0.15, 0.2) is 6.10 Å². The third kappa shape index (κ3) is 33.4. The highest BCUT2D eigenvalue weighted by molar-refractivity contribution is 7.48. The van der Waals surface area contributed by atoms with Gasteiger partial charge in [0.25, 0.3) is 0 Å². The summed E-state index contributed by atoms with van der Waals surface area (Å²) >= 11 is 0. The highest BCUT2D eigenvalue weighted by atomic mass is 31.2. The molecule has 0 aliphatic heterocycles. The van der Waals surface area contributed by atoms with Crippen LogP contribution in [-0.2, 0) is 37.2 Å². The minimum absolute atomic E-state index is 0.169. The van der Waals surface area contributed by atoms with Gasteiger partial charge in [-0.05, 0) is 44.1 Å². The van der Waals surface area contributed by atoms with Crippen LogP contribution in [0.5, 0.6) is 0 Å². The maximum atomic E-state index is 12.9. The van der Waals surface area contributed by atoms with Crippen LogP contribution in [0.2, 0.25) is 0 Å². The van der Waals surface area contributed by atoms with E-state index in [1.807, 2.05) is 0 Å². The quantitative estimate of drug-likeness (QED) is 0.0113. The van der Waals surface area contributed by atoms with Crippen molar-refractivity contribution in [2.45, 2.75) is 219 Å². The van der Waals surface area contributed by atoms with Gasteiger partial charge >= 0.3 is 19.8 Å². The number of phosphoric ester groups is 1. The molecule has 0 amide bonds. The number of allylic oxidation sites excluding steroid dienone is 2. The first-order valence-electron chi connectivity index (χ1n) is 21.8. The lowest BCUT2D eigenvalue weighted by molar-refractivity contribution is -0.170. The van der Waals surface area contributed by atoms with Crippen molar-refractivity contribution >= 4 is 19.8 Å². The van der Waals surface area contributed by atoms with Crippen LogP contribution in [-0.4, -0.2) is 51.5 Å². The van der Waals surface area contributed by atoms with Gasteiger partial charge in [-0.2, -0.15) is 0 Å². The van der Waals surface area contributed by atoms with Crippen molar-refractivity contribution in [3.05, 3.63) is 22.6 Å². The molecule has 0 saturated carbocycles. The number of esters is 2. The molecule has 0 aromatic carbocycles. The average molecular weight is 786 g/mol. The number of ether oxygens (including phenoxy) is 2. The maximum absolute atomic E-state index is 12.9. The largest absolute Gasteiger partial charge is 0.474 e. The van der Waals surface area contributed by atoms with E-state index in [1.54, 1.807) is 0 Å². The highest BCUT2D eigenvalue weighted by Crippen LogP contribution is 2.47. The molecule has 0 N–H and O–H groups in total. The van der Waals surface area contributed by atoms with Crippen LogP contribution in [0.25, 0.3) is 10.4 Å². The molecule has 2 atom stereocenters. The monoisotopic (exact) mass is 786 g/mol. The Morgan fingerprint density at radius 3 is 1.30 bits per heavy atom. The van der Waals surface area contributed by atoms with E-state index in [9.17, 15) is 14.2 Å². The molecular formula is C42H80N3O8P. The van der Waals surface area contributed by atoms with E-state index in [4.69, 9.17) is 28.6 Å². The molecule has 54 heavy (non-hydrogen) atoms. The fraction of sp³-hybridized carbons (Fsp3) is 0.905.